The van der Waals surface area contributed by atoms with Gasteiger partial charge in [-0.1, -0.05) is 214 Å². The van der Waals surface area contributed by atoms with Crippen LogP contribution in [0.15, 0.2) is 109 Å². The summed E-state index contributed by atoms with van der Waals surface area (Å²) in [5.41, 5.74) is 0. The van der Waals surface area contributed by atoms with Crippen molar-refractivity contribution in [3.05, 3.63) is 109 Å². The van der Waals surface area contributed by atoms with Crippen molar-refractivity contribution < 1.29 is 28.6 Å². The molecule has 0 aromatic heterocycles. The number of unbranched alkanes of at least 4 members (excludes halogenated alkanes) is 20. The van der Waals surface area contributed by atoms with E-state index in [2.05, 4.69) is 130 Å². The van der Waals surface area contributed by atoms with Gasteiger partial charge in [0.1, 0.15) is 13.2 Å². The van der Waals surface area contributed by atoms with Crippen molar-refractivity contribution in [2.45, 2.75) is 252 Å². The molecule has 0 saturated heterocycles. The standard InChI is InChI=1S/C62H102O6/c1-4-7-10-13-16-19-22-25-27-28-29-30-31-32-33-34-36-37-40-43-46-49-52-55-61(64)67-58-59(57-66-60(63)54-51-48-45-42-39-24-21-18-15-12-9-6-3)68-62(65)56-53-50-47-44-41-38-35-26-23-20-17-14-11-8-5-2/h7-8,10-11,16-21,25-27,29-30,35,41,44,59H,4-6,9,12-15,22-24,28,31-34,36-40,42-43,45-58H2,1-3H3/b10-7-,11-8-,19-16-,20-17-,21-18-,27-25-,30-29-,35-26-,44-41-. The fraction of sp³-hybridized carbons (Fsp3) is 0.661. The Morgan fingerprint density at radius 3 is 0.941 bits per heavy atom. The predicted molar refractivity (Wildman–Crippen MR) is 293 cm³/mol. The van der Waals surface area contributed by atoms with Crippen molar-refractivity contribution in [2.75, 3.05) is 13.2 Å². The molecule has 0 fully saturated rings. The van der Waals surface area contributed by atoms with Gasteiger partial charge in [0.25, 0.3) is 0 Å². The van der Waals surface area contributed by atoms with Crippen LogP contribution in [-0.4, -0.2) is 37.2 Å². The third-order valence-electron chi connectivity index (χ3n) is 11.5. The van der Waals surface area contributed by atoms with Crippen LogP contribution in [0.4, 0.5) is 0 Å². The van der Waals surface area contributed by atoms with Gasteiger partial charge in [-0.05, 0) is 122 Å². The monoisotopic (exact) mass is 943 g/mol. The second kappa shape index (κ2) is 55.7. The topological polar surface area (TPSA) is 78.9 Å². The number of rotatable bonds is 49. The molecule has 0 bridgehead atoms. The fourth-order valence-electron chi connectivity index (χ4n) is 7.36. The molecule has 0 aromatic rings. The summed E-state index contributed by atoms with van der Waals surface area (Å²) in [6.45, 7) is 6.34. The van der Waals surface area contributed by atoms with Gasteiger partial charge in [0, 0.05) is 19.3 Å². The molecule has 0 aliphatic heterocycles. The van der Waals surface area contributed by atoms with Crippen LogP contribution in [0.1, 0.15) is 245 Å². The lowest BCUT2D eigenvalue weighted by Gasteiger charge is -2.18. The quantitative estimate of drug-likeness (QED) is 0.0262. The van der Waals surface area contributed by atoms with E-state index in [-0.39, 0.29) is 37.5 Å². The largest absolute Gasteiger partial charge is 0.462 e. The Morgan fingerprint density at radius 2 is 0.574 bits per heavy atom. The molecule has 0 saturated carbocycles. The van der Waals surface area contributed by atoms with Crippen LogP contribution in [0.2, 0.25) is 0 Å². The second-order valence-corrected chi connectivity index (χ2v) is 18.1. The minimum atomic E-state index is -0.806. The molecule has 0 N–H and O–H groups in total. The average molecular weight is 943 g/mol. The predicted octanol–water partition coefficient (Wildman–Crippen LogP) is 18.7. The van der Waals surface area contributed by atoms with E-state index in [0.29, 0.717) is 19.3 Å². The molecule has 1 unspecified atom stereocenters. The summed E-state index contributed by atoms with van der Waals surface area (Å²) in [6, 6.07) is 0. The first-order valence-electron chi connectivity index (χ1n) is 27.9. The van der Waals surface area contributed by atoms with Crippen molar-refractivity contribution in [3.63, 3.8) is 0 Å². The lowest BCUT2D eigenvalue weighted by molar-refractivity contribution is -0.167. The summed E-state index contributed by atoms with van der Waals surface area (Å²) >= 11 is 0. The number of ether oxygens (including phenoxy) is 3. The van der Waals surface area contributed by atoms with E-state index in [4.69, 9.17) is 14.2 Å². The van der Waals surface area contributed by atoms with Crippen LogP contribution >= 0.6 is 0 Å². The van der Waals surface area contributed by atoms with E-state index in [1.165, 1.54) is 83.5 Å². The molecule has 386 valence electrons. The summed E-state index contributed by atoms with van der Waals surface area (Å²) in [5.74, 6) is -0.958. The van der Waals surface area contributed by atoms with Gasteiger partial charge < -0.3 is 14.2 Å². The SMILES string of the molecule is CC/C=C\C/C=C\C/C=C\C/C=C\CCCCCCCCCCCCC(=O)OCC(COC(=O)CCCCCCC/C=C\CCCCC)OC(=O)CCCC/C=C\C/C=C\C/C=C\C/C=C\CC. The highest BCUT2D eigenvalue weighted by Gasteiger charge is 2.19. The molecular formula is C62H102O6. The van der Waals surface area contributed by atoms with E-state index in [9.17, 15) is 14.4 Å². The molecule has 1 atom stereocenters. The molecule has 0 radical (unpaired) electrons. The van der Waals surface area contributed by atoms with Crippen molar-refractivity contribution in [1.82, 2.24) is 0 Å². The van der Waals surface area contributed by atoms with E-state index in [1.54, 1.807) is 0 Å². The summed E-state index contributed by atoms with van der Waals surface area (Å²) in [7, 11) is 0. The van der Waals surface area contributed by atoms with Crippen LogP contribution in [0.5, 0.6) is 0 Å². The van der Waals surface area contributed by atoms with Crippen LogP contribution in [0.25, 0.3) is 0 Å². The van der Waals surface area contributed by atoms with Crippen molar-refractivity contribution in [3.8, 4) is 0 Å². The van der Waals surface area contributed by atoms with E-state index in [1.807, 2.05) is 0 Å². The summed E-state index contributed by atoms with van der Waals surface area (Å²) < 4.78 is 16.8. The number of hydrogen-bond donors (Lipinski definition) is 0. The molecule has 68 heavy (non-hydrogen) atoms. The zero-order valence-corrected chi connectivity index (χ0v) is 44.1. The van der Waals surface area contributed by atoms with Crippen LogP contribution in [-0.2, 0) is 28.6 Å². The minimum absolute atomic E-state index is 0.101. The van der Waals surface area contributed by atoms with Gasteiger partial charge in [0.05, 0.1) is 0 Å². The van der Waals surface area contributed by atoms with Crippen molar-refractivity contribution in [1.29, 1.82) is 0 Å². The molecular weight excluding hydrogens is 841 g/mol. The third-order valence-corrected chi connectivity index (χ3v) is 11.5. The number of hydrogen-bond acceptors (Lipinski definition) is 6. The first-order chi connectivity index (χ1) is 33.5. The Balaban J connectivity index is 4.38. The molecule has 6 heteroatoms. The molecule has 0 spiro atoms. The number of esters is 3. The molecule has 0 rings (SSSR count). The first-order valence-corrected chi connectivity index (χ1v) is 27.9. The van der Waals surface area contributed by atoms with E-state index >= 15 is 0 Å². The Labute approximate surface area is 419 Å². The van der Waals surface area contributed by atoms with Crippen LogP contribution < -0.4 is 0 Å². The molecule has 0 aliphatic carbocycles. The Morgan fingerprint density at radius 1 is 0.309 bits per heavy atom. The minimum Gasteiger partial charge on any atom is -0.462 e. The maximum absolute atomic E-state index is 12.8. The van der Waals surface area contributed by atoms with E-state index < -0.39 is 6.10 Å². The van der Waals surface area contributed by atoms with Gasteiger partial charge in [-0.3, -0.25) is 14.4 Å². The van der Waals surface area contributed by atoms with Gasteiger partial charge >= 0.3 is 17.9 Å². The van der Waals surface area contributed by atoms with Crippen molar-refractivity contribution in [2.24, 2.45) is 0 Å². The zero-order chi connectivity index (χ0) is 49.3. The molecule has 0 aliphatic rings. The molecule has 0 aromatic carbocycles. The van der Waals surface area contributed by atoms with Gasteiger partial charge in [-0.15, -0.1) is 0 Å². The summed E-state index contributed by atoms with van der Waals surface area (Å²) in [4.78, 5) is 38.1. The lowest BCUT2D eigenvalue weighted by Crippen LogP contribution is -2.30. The van der Waals surface area contributed by atoms with Crippen molar-refractivity contribution >= 4 is 17.9 Å². The summed E-state index contributed by atoms with van der Waals surface area (Å²) in [6.07, 6.45) is 75.1. The summed E-state index contributed by atoms with van der Waals surface area (Å²) in [5, 5.41) is 0. The van der Waals surface area contributed by atoms with Gasteiger partial charge in [-0.25, -0.2) is 0 Å². The van der Waals surface area contributed by atoms with Gasteiger partial charge in [0.2, 0.25) is 0 Å². The smallest absolute Gasteiger partial charge is 0.306 e. The van der Waals surface area contributed by atoms with Crippen LogP contribution in [0.3, 0.4) is 0 Å². The zero-order valence-electron chi connectivity index (χ0n) is 44.1. The van der Waals surface area contributed by atoms with Crippen LogP contribution in [0, 0.1) is 0 Å². The molecule has 6 nitrogen and oxygen atoms in total. The number of carbonyl (C=O) groups is 3. The molecule has 0 heterocycles. The molecule has 0 amide bonds. The lowest BCUT2D eigenvalue weighted by atomic mass is 10.1. The van der Waals surface area contributed by atoms with Gasteiger partial charge in [0.15, 0.2) is 6.10 Å². The highest BCUT2D eigenvalue weighted by molar-refractivity contribution is 5.71. The number of carbonyl (C=O) groups excluding carboxylic acids is 3. The highest BCUT2D eigenvalue weighted by atomic mass is 16.6. The third kappa shape index (κ3) is 53.0. The fourth-order valence-corrected chi connectivity index (χ4v) is 7.36. The maximum Gasteiger partial charge on any atom is 0.306 e. The van der Waals surface area contributed by atoms with E-state index in [0.717, 1.165) is 116 Å². The van der Waals surface area contributed by atoms with Gasteiger partial charge in [-0.2, -0.15) is 0 Å². The second-order valence-electron chi connectivity index (χ2n) is 18.1. The number of allylic oxidation sites excluding steroid dienone is 18. The maximum atomic E-state index is 12.8. The Kier molecular flexibility index (Phi) is 52.4. The average Bonchev–Trinajstić information content (AvgIpc) is 3.34. The first kappa shape index (κ1) is 64.1. The Bertz CT molecular complexity index is 1410. The Hall–Kier alpha value is -3.93. The normalized spacial score (nSPS) is 12.9. The highest BCUT2D eigenvalue weighted by Crippen LogP contribution is 2.14.